The molecule has 0 aliphatic heterocycles. The molecule has 1 rings (SSSR count). The van der Waals surface area contributed by atoms with Crippen molar-refractivity contribution in [3.05, 3.63) is 29.8 Å². The number of carbonyl (C=O) groups is 1. The molecule has 1 aromatic rings. The second kappa shape index (κ2) is 7.81. The molecule has 0 radical (unpaired) electrons. The van der Waals surface area contributed by atoms with Crippen LogP contribution in [0.4, 0.5) is 0 Å². The van der Waals surface area contributed by atoms with Crippen LogP contribution in [0.1, 0.15) is 23.7 Å². The van der Waals surface area contributed by atoms with Gasteiger partial charge in [-0.05, 0) is 37.6 Å². The van der Waals surface area contributed by atoms with E-state index in [2.05, 4.69) is 0 Å². The molecule has 0 aliphatic carbocycles. The van der Waals surface area contributed by atoms with Gasteiger partial charge in [0.1, 0.15) is 12.4 Å². The maximum Gasteiger partial charge on any atom is 0.159 e. The Kier molecular flexibility index (Phi) is 6.29. The molecule has 4 heteroatoms. The van der Waals surface area contributed by atoms with Gasteiger partial charge < -0.3 is 14.6 Å². The molecule has 0 saturated carbocycles. The molecular formula is C13H18O4. The van der Waals surface area contributed by atoms with Crippen LogP contribution in [0.2, 0.25) is 0 Å². The number of hydrogen-bond acceptors (Lipinski definition) is 4. The molecule has 17 heavy (non-hydrogen) atoms. The molecule has 4 nitrogen and oxygen atoms in total. The zero-order valence-electron chi connectivity index (χ0n) is 10.0. The summed E-state index contributed by atoms with van der Waals surface area (Å²) in [4.78, 5) is 11.0. The van der Waals surface area contributed by atoms with Gasteiger partial charge in [0, 0.05) is 18.8 Å². The molecule has 0 fully saturated rings. The summed E-state index contributed by atoms with van der Waals surface area (Å²) in [6.07, 6.45) is 0.646. The molecule has 0 saturated heterocycles. The standard InChI is InChI=1S/C13H18O4/c1-11(15)12-3-5-13(6-4-12)17-10-9-16-8-2-7-14/h3-6,14H,2,7-10H2,1H3. The molecule has 0 aromatic heterocycles. The van der Waals surface area contributed by atoms with E-state index in [1.165, 1.54) is 6.92 Å². The maximum absolute atomic E-state index is 11.0. The fourth-order valence-corrected chi connectivity index (χ4v) is 1.27. The van der Waals surface area contributed by atoms with E-state index in [4.69, 9.17) is 14.6 Å². The van der Waals surface area contributed by atoms with Crippen molar-refractivity contribution in [2.75, 3.05) is 26.4 Å². The van der Waals surface area contributed by atoms with Gasteiger partial charge in [-0.25, -0.2) is 0 Å². The van der Waals surface area contributed by atoms with Crippen LogP contribution in [0.15, 0.2) is 24.3 Å². The van der Waals surface area contributed by atoms with E-state index in [0.29, 0.717) is 31.8 Å². The Hall–Kier alpha value is -1.39. The van der Waals surface area contributed by atoms with Crippen LogP contribution < -0.4 is 4.74 Å². The average Bonchev–Trinajstić information content (AvgIpc) is 2.34. The Bertz CT molecular complexity index is 332. The van der Waals surface area contributed by atoms with Gasteiger partial charge in [-0.1, -0.05) is 0 Å². The summed E-state index contributed by atoms with van der Waals surface area (Å²) in [6.45, 7) is 3.18. The van der Waals surface area contributed by atoms with Crippen molar-refractivity contribution < 1.29 is 19.4 Å². The molecule has 0 unspecified atom stereocenters. The van der Waals surface area contributed by atoms with Gasteiger partial charge in [-0.2, -0.15) is 0 Å². The first-order valence-corrected chi connectivity index (χ1v) is 5.66. The summed E-state index contributed by atoms with van der Waals surface area (Å²) < 4.78 is 10.6. The van der Waals surface area contributed by atoms with Gasteiger partial charge in [-0.15, -0.1) is 0 Å². The highest BCUT2D eigenvalue weighted by atomic mass is 16.5. The van der Waals surface area contributed by atoms with Crippen molar-refractivity contribution >= 4 is 5.78 Å². The first-order chi connectivity index (χ1) is 8.24. The van der Waals surface area contributed by atoms with Crippen LogP contribution in [0.25, 0.3) is 0 Å². The van der Waals surface area contributed by atoms with Crippen molar-refractivity contribution in [1.29, 1.82) is 0 Å². The van der Waals surface area contributed by atoms with E-state index in [9.17, 15) is 4.79 Å². The van der Waals surface area contributed by atoms with Crippen molar-refractivity contribution in [1.82, 2.24) is 0 Å². The topological polar surface area (TPSA) is 55.8 Å². The number of ether oxygens (including phenoxy) is 2. The van der Waals surface area contributed by atoms with Gasteiger partial charge in [0.25, 0.3) is 0 Å². The van der Waals surface area contributed by atoms with Crippen LogP contribution >= 0.6 is 0 Å². The van der Waals surface area contributed by atoms with Gasteiger partial charge in [0.15, 0.2) is 5.78 Å². The first-order valence-electron chi connectivity index (χ1n) is 5.66. The third-order valence-corrected chi connectivity index (χ3v) is 2.20. The predicted molar refractivity (Wildman–Crippen MR) is 64.5 cm³/mol. The summed E-state index contributed by atoms with van der Waals surface area (Å²) in [6, 6.07) is 7.02. The van der Waals surface area contributed by atoms with E-state index in [1.54, 1.807) is 24.3 Å². The lowest BCUT2D eigenvalue weighted by Gasteiger charge is -2.07. The minimum absolute atomic E-state index is 0.0453. The third kappa shape index (κ3) is 5.47. The van der Waals surface area contributed by atoms with Crippen LogP contribution in [0, 0.1) is 0 Å². The van der Waals surface area contributed by atoms with Crippen molar-refractivity contribution in [3.63, 3.8) is 0 Å². The van der Waals surface area contributed by atoms with Crippen molar-refractivity contribution in [2.45, 2.75) is 13.3 Å². The quantitative estimate of drug-likeness (QED) is 0.553. The van der Waals surface area contributed by atoms with E-state index >= 15 is 0 Å². The molecule has 0 heterocycles. The van der Waals surface area contributed by atoms with Crippen LogP contribution in [0.5, 0.6) is 5.75 Å². The predicted octanol–water partition coefficient (Wildman–Crippen LogP) is 1.67. The molecule has 0 atom stereocenters. The van der Waals surface area contributed by atoms with E-state index in [-0.39, 0.29) is 12.4 Å². The van der Waals surface area contributed by atoms with Gasteiger partial charge in [0.2, 0.25) is 0 Å². The smallest absolute Gasteiger partial charge is 0.159 e. The normalized spacial score (nSPS) is 10.2. The molecule has 0 bridgehead atoms. The molecule has 1 aromatic carbocycles. The monoisotopic (exact) mass is 238 g/mol. The van der Waals surface area contributed by atoms with Gasteiger partial charge >= 0.3 is 0 Å². The van der Waals surface area contributed by atoms with E-state index < -0.39 is 0 Å². The zero-order chi connectivity index (χ0) is 12.5. The lowest BCUT2D eigenvalue weighted by molar-refractivity contribution is 0.0883. The summed E-state index contributed by atoms with van der Waals surface area (Å²) in [5.41, 5.74) is 0.677. The highest BCUT2D eigenvalue weighted by Crippen LogP contribution is 2.12. The average molecular weight is 238 g/mol. The number of ketones is 1. The summed E-state index contributed by atoms with van der Waals surface area (Å²) >= 11 is 0. The molecule has 0 aliphatic rings. The summed E-state index contributed by atoms with van der Waals surface area (Å²) in [5, 5.41) is 8.53. The second-order valence-corrected chi connectivity index (χ2v) is 3.62. The minimum Gasteiger partial charge on any atom is -0.491 e. The fourth-order valence-electron chi connectivity index (χ4n) is 1.27. The molecule has 0 spiro atoms. The lowest BCUT2D eigenvalue weighted by atomic mass is 10.1. The second-order valence-electron chi connectivity index (χ2n) is 3.62. The summed E-state index contributed by atoms with van der Waals surface area (Å²) in [7, 11) is 0. The highest BCUT2D eigenvalue weighted by molar-refractivity contribution is 5.94. The Morgan fingerprint density at radius 1 is 1.18 bits per heavy atom. The fraction of sp³-hybridized carbons (Fsp3) is 0.462. The van der Waals surface area contributed by atoms with Gasteiger partial charge in [-0.3, -0.25) is 4.79 Å². The zero-order valence-corrected chi connectivity index (χ0v) is 10.0. The Morgan fingerprint density at radius 3 is 2.47 bits per heavy atom. The molecule has 0 amide bonds. The number of benzene rings is 1. The third-order valence-electron chi connectivity index (χ3n) is 2.20. The van der Waals surface area contributed by atoms with Crippen molar-refractivity contribution in [2.24, 2.45) is 0 Å². The number of Topliss-reactive ketones (excluding diaryl/α,β-unsaturated/α-hetero) is 1. The number of aliphatic hydroxyl groups is 1. The minimum atomic E-state index is 0.0453. The molecular weight excluding hydrogens is 220 g/mol. The maximum atomic E-state index is 11.0. The van der Waals surface area contributed by atoms with E-state index in [1.807, 2.05) is 0 Å². The van der Waals surface area contributed by atoms with Crippen molar-refractivity contribution in [3.8, 4) is 5.75 Å². The van der Waals surface area contributed by atoms with Crippen LogP contribution in [0.3, 0.4) is 0 Å². The Balaban J connectivity index is 2.21. The van der Waals surface area contributed by atoms with E-state index in [0.717, 1.165) is 5.75 Å². The largest absolute Gasteiger partial charge is 0.491 e. The molecule has 94 valence electrons. The highest BCUT2D eigenvalue weighted by Gasteiger charge is 1.99. The number of hydrogen-bond donors (Lipinski definition) is 1. The SMILES string of the molecule is CC(=O)c1ccc(OCCOCCCO)cc1. The molecule has 1 N–H and O–H groups in total. The summed E-state index contributed by atoms with van der Waals surface area (Å²) in [5.74, 6) is 0.768. The number of aliphatic hydroxyl groups excluding tert-OH is 1. The lowest BCUT2D eigenvalue weighted by Crippen LogP contribution is -2.08. The Labute approximate surface area is 101 Å². The van der Waals surface area contributed by atoms with Crippen LogP contribution in [-0.4, -0.2) is 37.3 Å². The number of rotatable bonds is 8. The number of carbonyl (C=O) groups excluding carboxylic acids is 1. The Morgan fingerprint density at radius 2 is 1.88 bits per heavy atom. The van der Waals surface area contributed by atoms with Gasteiger partial charge in [0.05, 0.1) is 6.61 Å². The first kappa shape index (κ1) is 13.7. The van der Waals surface area contributed by atoms with Crippen LogP contribution in [-0.2, 0) is 4.74 Å².